The molecule has 1 aromatic heterocycles. The minimum absolute atomic E-state index is 0.607. The van der Waals surface area contributed by atoms with Crippen LogP contribution in [0.4, 0.5) is 5.95 Å². The Labute approximate surface area is 120 Å². The molecule has 2 aromatic rings. The topological polar surface area (TPSA) is 34.0 Å². The summed E-state index contributed by atoms with van der Waals surface area (Å²) in [7, 11) is 2.07. The van der Waals surface area contributed by atoms with E-state index in [0.717, 1.165) is 23.9 Å². The molecule has 0 bridgehead atoms. The number of aromatic nitrogens is 3. The fourth-order valence-electron chi connectivity index (χ4n) is 3.10. The van der Waals surface area contributed by atoms with E-state index in [2.05, 4.69) is 45.8 Å². The fraction of sp³-hybridized carbons (Fsp3) is 0.500. The predicted octanol–water partition coefficient (Wildman–Crippen LogP) is 3.25. The van der Waals surface area contributed by atoms with Gasteiger partial charge in [0.25, 0.3) is 0 Å². The van der Waals surface area contributed by atoms with Gasteiger partial charge in [0.05, 0.1) is 0 Å². The fourth-order valence-corrected chi connectivity index (χ4v) is 3.10. The maximum Gasteiger partial charge on any atom is 0.227 e. The zero-order chi connectivity index (χ0) is 13.9. The summed E-state index contributed by atoms with van der Waals surface area (Å²) in [6.07, 6.45) is 5.03. The van der Waals surface area contributed by atoms with Crippen molar-refractivity contribution in [1.29, 1.82) is 0 Å². The maximum atomic E-state index is 4.45. The van der Waals surface area contributed by atoms with Crippen LogP contribution in [-0.4, -0.2) is 27.4 Å². The van der Waals surface area contributed by atoms with Gasteiger partial charge in [-0.3, -0.25) is 4.57 Å². The van der Waals surface area contributed by atoms with Crippen LogP contribution in [0.3, 0.4) is 0 Å². The monoisotopic (exact) mass is 270 g/mol. The van der Waals surface area contributed by atoms with Crippen LogP contribution < -0.4 is 4.90 Å². The number of anilines is 1. The lowest BCUT2D eigenvalue weighted by Crippen LogP contribution is -2.40. The Morgan fingerprint density at radius 3 is 2.70 bits per heavy atom. The quantitative estimate of drug-likeness (QED) is 0.858. The van der Waals surface area contributed by atoms with Gasteiger partial charge in [0.1, 0.15) is 0 Å². The van der Waals surface area contributed by atoms with Gasteiger partial charge in [0, 0.05) is 25.2 Å². The molecule has 1 aliphatic heterocycles. The first-order chi connectivity index (χ1) is 9.81. The highest BCUT2D eigenvalue weighted by atomic mass is 15.4. The summed E-state index contributed by atoms with van der Waals surface area (Å²) in [5.74, 6) is 1.96. The molecule has 1 aliphatic rings. The van der Waals surface area contributed by atoms with E-state index in [4.69, 9.17) is 0 Å². The zero-order valence-electron chi connectivity index (χ0n) is 12.3. The van der Waals surface area contributed by atoms with Crippen LogP contribution in [0.15, 0.2) is 30.3 Å². The molecule has 1 saturated heterocycles. The summed E-state index contributed by atoms with van der Waals surface area (Å²) in [5.41, 5.74) is 1.12. The van der Waals surface area contributed by atoms with E-state index >= 15 is 0 Å². The molecule has 3 rings (SSSR count). The molecule has 0 N–H and O–H groups in total. The molecule has 1 atom stereocenters. The van der Waals surface area contributed by atoms with Crippen LogP contribution in [-0.2, 0) is 7.05 Å². The minimum Gasteiger partial charge on any atom is -0.338 e. The van der Waals surface area contributed by atoms with E-state index in [0.29, 0.717) is 6.04 Å². The number of nitrogens with zero attached hydrogens (tertiary/aromatic N) is 4. The summed E-state index contributed by atoms with van der Waals surface area (Å²) in [6, 6.07) is 10.9. The first-order valence-corrected chi connectivity index (χ1v) is 7.52. The largest absolute Gasteiger partial charge is 0.338 e. The lowest BCUT2D eigenvalue weighted by molar-refractivity contribution is 0.439. The molecule has 0 spiro atoms. The molecule has 2 heterocycles. The van der Waals surface area contributed by atoms with E-state index in [1.54, 1.807) is 0 Å². The second kappa shape index (κ2) is 5.65. The summed E-state index contributed by atoms with van der Waals surface area (Å²) in [4.78, 5) is 2.43. The second-order valence-electron chi connectivity index (χ2n) is 5.50. The van der Waals surface area contributed by atoms with Crippen LogP contribution in [0.25, 0.3) is 11.4 Å². The average Bonchev–Trinajstić information content (AvgIpc) is 2.89. The Morgan fingerprint density at radius 1 is 1.15 bits per heavy atom. The molecule has 1 fully saturated rings. The summed E-state index contributed by atoms with van der Waals surface area (Å²) < 4.78 is 2.13. The van der Waals surface area contributed by atoms with Crippen molar-refractivity contribution in [1.82, 2.24) is 14.8 Å². The number of hydrogen-bond acceptors (Lipinski definition) is 3. The third kappa shape index (κ3) is 2.30. The van der Waals surface area contributed by atoms with Gasteiger partial charge in [-0.15, -0.1) is 10.2 Å². The summed E-state index contributed by atoms with van der Waals surface area (Å²) in [6.45, 7) is 3.36. The molecule has 20 heavy (non-hydrogen) atoms. The SMILES string of the molecule is CC[C@H]1CCCCN1c1nnc(-c2ccccc2)n1C. The van der Waals surface area contributed by atoms with E-state index in [9.17, 15) is 0 Å². The van der Waals surface area contributed by atoms with Crippen molar-refractivity contribution in [3.8, 4) is 11.4 Å². The Hall–Kier alpha value is -1.84. The Morgan fingerprint density at radius 2 is 1.95 bits per heavy atom. The van der Waals surface area contributed by atoms with Crippen LogP contribution in [0, 0.1) is 0 Å². The van der Waals surface area contributed by atoms with Gasteiger partial charge < -0.3 is 4.90 Å². The maximum absolute atomic E-state index is 4.45. The van der Waals surface area contributed by atoms with Gasteiger partial charge in [-0.25, -0.2) is 0 Å². The Kier molecular flexibility index (Phi) is 3.72. The Bertz CT molecular complexity index is 561. The number of hydrogen-bond donors (Lipinski definition) is 0. The van der Waals surface area contributed by atoms with E-state index in [1.165, 1.54) is 25.7 Å². The van der Waals surface area contributed by atoms with Crippen molar-refractivity contribution >= 4 is 5.95 Å². The van der Waals surface area contributed by atoms with Crippen molar-refractivity contribution in [3.63, 3.8) is 0 Å². The first kappa shape index (κ1) is 13.2. The van der Waals surface area contributed by atoms with Gasteiger partial charge in [-0.2, -0.15) is 0 Å². The zero-order valence-corrected chi connectivity index (χ0v) is 12.3. The molecular weight excluding hydrogens is 248 g/mol. The molecule has 4 nitrogen and oxygen atoms in total. The molecule has 1 aromatic carbocycles. The molecule has 0 radical (unpaired) electrons. The van der Waals surface area contributed by atoms with Crippen LogP contribution in [0.2, 0.25) is 0 Å². The molecule has 4 heteroatoms. The molecule has 0 saturated carbocycles. The van der Waals surface area contributed by atoms with Gasteiger partial charge in [-0.1, -0.05) is 37.3 Å². The lowest BCUT2D eigenvalue weighted by Gasteiger charge is -2.35. The minimum atomic E-state index is 0.607. The highest BCUT2D eigenvalue weighted by Gasteiger charge is 2.25. The Balaban J connectivity index is 1.94. The molecule has 0 amide bonds. The van der Waals surface area contributed by atoms with Crippen LogP contribution in [0.1, 0.15) is 32.6 Å². The highest BCUT2D eigenvalue weighted by Crippen LogP contribution is 2.27. The van der Waals surface area contributed by atoms with E-state index < -0.39 is 0 Å². The van der Waals surface area contributed by atoms with Crippen molar-refractivity contribution in [2.75, 3.05) is 11.4 Å². The summed E-state index contributed by atoms with van der Waals surface area (Å²) in [5, 5.41) is 8.85. The van der Waals surface area contributed by atoms with Crippen molar-refractivity contribution in [3.05, 3.63) is 30.3 Å². The van der Waals surface area contributed by atoms with Crippen molar-refractivity contribution in [2.24, 2.45) is 7.05 Å². The van der Waals surface area contributed by atoms with Gasteiger partial charge in [0.15, 0.2) is 5.82 Å². The number of benzene rings is 1. The smallest absolute Gasteiger partial charge is 0.227 e. The summed E-state index contributed by atoms with van der Waals surface area (Å²) >= 11 is 0. The van der Waals surface area contributed by atoms with E-state index in [1.807, 2.05) is 18.2 Å². The number of rotatable bonds is 3. The highest BCUT2D eigenvalue weighted by molar-refractivity contribution is 5.57. The third-order valence-corrected chi connectivity index (χ3v) is 4.24. The molecular formula is C16H22N4. The predicted molar refractivity (Wildman–Crippen MR) is 81.7 cm³/mol. The van der Waals surface area contributed by atoms with Crippen LogP contribution >= 0.6 is 0 Å². The van der Waals surface area contributed by atoms with Gasteiger partial charge in [-0.05, 0) is 25.7 Å². The average molecular weight is 270 g/mol. The first-order valence-electron chi connectivity index (χ1n) is 7.52. The second-order valence-corrected chi connectivity index (χ2v) is 5.50. The normalized spacial score (nSPS) is 19.3. The van der Waals surface area contributed by atoms with E-state index in [-0.39, 0.29) is 0 Å². The number of piperidine rings is 1. The standard InChI is InChI=1S/C16H22N4/c1-3-14-11-7-8-12-20(14)16-18-17-15(19(16)2)13-9-5-4-6-10-13/h4-6,9-10,14H,3,7-8,11-12H2,1-2H3/t14-/m0/s1. The van der Waals surface area contributed by atoms with Crippen molar-refractivity contribution in [2.45, 2.75) is 38.6 Å². The lowest BCUT2D eigenvalue weighted by atomic mass is 10.0. The molecule has 106 valence electrons. The molecule has 0 unspecified atom stereocenters. The van der Waals surface area contributed by atoms with Crippen LogP contribution in [0.5, 0.6) is 0 Å². The molecule has 0 aliphatic carbocycles. The van der Waals surface area contributed by atoms with Crippen molar-refractivity contribution < 1.29 is 0 Å². The van der Waals surface area contributed by atoms with Gasteiger partial charge in [0.2, 0.25) is 5.95 Å². The third-order valence-electron chi connectivity index (χ3n) is 4.24. The van der Waals surface area contributed by atoms with Gasteiger partial charge >= 0.3 is 0 Å².